The number of benzene rings is 2. The van der Waals surface area contributed by atoms with Crippen molar-refractivity contribution in [3.8, 4) is 17.6 Å². The van der Waals surface area contributed by atoms with E-state index in [0.717, 1.165) is 17.5 Å². The minimum absolute atomic E-state index is 0.00518. The van der Waals surface area contributed by atoms with Crippen molar-refractivity contribution < 1.29 is 14.3 Å². The SMILES string of the molecule is CCCOc1c(Br)cc(/C=C(\C#N)C(=O)Nc2ccc(C)c(C)c2)cc1OC. The number of nitriles is 1. The Morgan fingerprint density at radius 1 is 1.25 bits per heavy atom. The summed E-state index contributed by atoms with van der Waals surface area (Å²) in [5.41, 5.74) is 3.50. The Bertz CT molecular complexity index is 946. The fourth-order valence-corrected chi connectivity index (χ4v) is 3.07. The molecule has 0 unspecified atom stereocenters. The Hall–Kier alpha value is -2.78. The number of ether oxygens (including phenoxy) is 2. The standard InChI is InChI=1S/C22H23BrN2O3/c1-5-8-28-21-19(23)11-16(12-20(21)27-4)10-17(13-24)22(26)25-18-7-6-14(2)15(3)9-18/h6-7,9-12H,5,8H2,1-4H3,(H,25,26)/b17-10+. The Morgan fingerprint density at radius 3 is 2.61 bits per heavy atom. The van der Waals surface area contributed by atoms with Crippen LogP contribution in [0.15, 0.2) is 40.4 Å². The molecule has 6 heteroatoms. The third kappa shape index (κ3) is 5.37. The van der Waals surface area contributed by atoms with Crippen molar-refractivity contribution in [3.05, 3.63) is 57.1 Å². The summed E-state index contributed by atoms with van der Waals surface area (Å²) in [4.78, 5) is 12.5. The maximum absolute atomic E-state index is 12.5. The van der Waals surface area contributed by atoms with Gasteiger partial charge in [-0.2, -0.15) is 5.26 Å². The molecular weight excluding hydrogens is 420 g/mol. The van der Waals surface area contributed by atoms with Gasteiger partial charge >= 0.3 is 0 Å². The molecule has 0 aliphatic rings. The van der Waals surface area contributed by atoms with Crippen LogP contribution >= 0.6 is 15.9 Å². The summed E-state index contributed by atoms with van der Waals surface area (Å²) in [5, 5.41) is 12.2. The predicted molar refractivity (Wildman–Crippen MR) is 115 cm³/mol. The smallest absolute Gasteiger partial charge is 0.266 e. The van der Waals surface area contributed by atoms with Gasteiger partial charge in [-0.3, -0.25) is 4.79 Å². The third-order valence-electron chi connectivity index (χ3n) is 4.14. The fraction of sp³-hybridized carbons (Fsp3) is 0.273. The average Bonchev–Trinajstić information content (AvgIpc) is 2.67. The highest BCUT2D eigenvalue weighted by Crippen LogP contribution is 2.37. The van der Waals surface area contributed by atoms with Crippen LogP contribution in [-0.4, -0.2) is 19.6 Å². The molecule has 2 aromatic rings. The molecule has 0 spiro atoms. The normalized spacial score (nSPS) is 10.9. The van der Waals surface area contributed by atoms with Gasteiger partial charge in [-0.25, -0.2) is 0 Å². The number of methoxy groups -OCH3 is 1. The number of halogens is 1. The summed E-state index contributed by atoms with van der Waals surface area (Å²) in [7, 11) is 1.55. The zero-order valence-corrected chi connectivity index (χ0v) is 18.0. The first-order valence-corrected chi connectivity index (χ1v) is 9.69. The first-order valence-electron chi connectivity index (χ1n) is 8.90. The second-order valence-electron chi connectivity index (χ2n) is 6.31. The number of nitrogens with zero attached hydrogens (tertiary/aromatic N) is 1. The highest BCUT2D eigenvalue weighted by molar-refractivity contribution is 9.10. The lowest BCUT2D eigenvalue weighted by atomic mass is 10.1. The number of rotatable bonds is 7. The van der Waals surface area contributed by atoms with Gasteiger partial charge in [0.05, 0.1) is 18.2 Å². The molecule has 0 atom stereocenters. The van der Waals surface area contributed by atoms with E-state index in [-0.39, 0.29) is 5.57 Å². The van der Waals surface area contributed by atoms with Gasteiger partial charge in [0.2, 0.25) is 0 Å². The summed E-state index contributed by atoms with van der Waals surface area (Å²) in [6.07, 6.45) is 2.39. The van der Waals surface area contributed by atoms with Crippen LogP contribution in [0.25, 0.3) is 6.08 Å². The lowest BCUT2D eigenvalue weighted by Crippen LogP contribution is -2.13. The molecule has 1 N–H and O–H groups in total. The van der Waals surface area contributed by atoms with Crippen LogP contribution < -0.4 is 14.8 Å². The Balaban J connectivity index is 2.30. The molecule has 0 bridgehead atoms. The van der Waals surface area contributed by atoms with Crippen LogP contribution in [-0.2, 0) is 4.79 Å². The molecule has 2 aromatic carbocycles. The monoisotopic (exact) mass is 442 g/mol. The van der Waals surface area contributed by atoms with E-state index in [2.05, 4.69) is 21.2 Å². The second-order valence-corrected chi connectivity index (χ2v) is 7.16. The van der Waals surface area contributed by atoms with E-state index in [4.69, 9.17) is 9.47 Å². The topological polar surface area (TPSA) is 71.3 Å². The van der Waals surface area contributed by atoms with E-state index in [0.29, 0.717) is 33.8 Å². The minimum atomic E-state index is -0.466. The van der Waals surface area contributed by atoms with E-state index in [1.165, 1.54) is 6.08 Å². The average molecular weight is 443 g/mol. The zero-order chi connectivity index (χ0) is 20.7. The second kappa shape index (κ2) is 9.95. The summed E-state index contributed by atoms with van der Waals surface area (Å²) in [6.45, 7) is 6.55. The highest BCUT2D eigenvalue weighted by Gasteiger charge is 2.14. The van der Waals surface area contributed by atoms with Gasteiger partial charge in [-0.1, -0.05) is 13.0 Å². The van der Waals surface area contributed by atoms with Crippen molar-refractivity contribution in [1.29, 1.82) is 5.26 Å². The van der Waals surface area contributed by atoms with E-state index < -0.39 is 5.91 Å². The van der Waals surface area contributed by atoms with Crippen molar-refractivity contribution >= 4 is 33.6 Å². The lowest BCUT2D eigenvalue weighted by Gasteiger charge is -2.13. The van der Waals surface area contributed by atoms with E-state index in [1.54, 1.807) is 19.2 Å². The number of hydrogen-bond donors (Lipinski definition) is 1. The Kier molecular flexibility index (Phi) is 7.65. The zero-order valence-electron chi connectivity index (χ0n) is 16.4. The number of nitrogens with one attached hydrogen (secondary N) is 1. The number of carbonyl (C=O) groups is 1. The van der Waals surface area contributed by atoms with Crippen LogP contribution in [0.3, 0.4) is 0 Å². The molecule has 0 heterocycles. The van der Waals surface area contributed by atoms with Gasteiger partial charge < -0.3 is 14.8 Å². The number of carbonyl (C=O) groups excluding carboxylic acids is 1. The minimum Gasteiger partial charge on any atom is -0.493 e. The number of aryl methyl sites for hydroxylation is 2. The number of amides is 1. The molecule has 2 rings (SSSR count). The van der Waals surface area contributed by atoms with Crippen LogP contribution in [0.4, 0.5) is 5.69 Å². The summed E-state index contributed by atoms with van der Waals surface area (Å²) in [6, 6.07) is 11.1. The van der Waals surface area contributed by atoms with Crippen LogP contribution in [0.2, 0.25) is 0 Å². The molecule has 0 aliphatic carbocycles. The van der Waals surface area contributed by atoms with Gasteiger partial charge in [0.15, 0.2) is 11.5 Å². The molecule has 0 saturated carbocycles. The molecule has 0 fully saturated rings. The molecular formula is C22H23BrN2O3. The maximum Gasteiger partial charge on any atom is 0.266 e. The fourth-order valence-electron chi connectivity index (χ4n) is 2.50. The van der Waals surface area contributed by atoms with Crippen LogP contribution in [0, 0.1) is 25.2 Å². The van der Waals surface area contributed by atoms with Gasteiger partial charge in [0.1, 0.15) is 11.6 Å². The van der Waals surface area contributed by atoms with Crippen molar-refractivity contribution in [2.24, 2.45) is 0 Å². The van der Waals surface area contributed by atoms with E-state index >= 15 is 0 Å². The molecule has 0 aliphatic heterocycles. The highest BCUT2D eigenvalue weighted by atomic mass is 79.9. The molecule has 28 heavy (non-hydrogen) atoms. The molecule has 1 amide bonds. The quantitative estimate of drug-likeness (QED) is 0.459. The van der Waals surface area contributed by atoms with Gasteiger partial charge in [-0.05, 0) is 83.2 Å². The first kappa shape index (κ1) is 21.5. The maximum atomic E-state index is 12.5. The van der Waals surface area contributed by atoms with Crippen molar-refractivity contribution in [2.45, 2.75) is 27.2 Å². The summed E-state index contributed by atoms with van der Waals surface area (Å²) < 4.78 is 11.8. The first-order chi connectivity index (χ1) is 13.4. The van der Waals surface area contributed by atoms with Crippen LogP contribution in [0.1, 0.15) is 30.0 Å². The molecule has 0 radical (unpaired) electrons. The van der Waals surface area contributed by atoms with Crippen molar-refractivity contribution in [3.63, 3.8) is 0 Å². The largest absolute Gasteiger partial charge is 0.493 e. The molecule has 146 valence electrons. The summed E-state index contributed by atoms with van der Waals surface area (Å²) in [5.74, 6) is 0.660. The van der Waals surface area contributed by atoms with Gasteiger partial charge in [0, 0.05) is 5.69 Å². The van der Waals surface area contributed by atoms with E-state index in [1.807, 2.05) is 45.0 Å². The summed E-state index contributed by atoms with van der Waals surface area (Å²) >= 11 is 3.47. The van der Waals surface area contributed by atoms with Gasteiger partial charge in [-0.15, -0.1) is 0 Å². The van der Waals surface area contributed by atoms with E-state index in [9.17, 15) is 10.1 Å². The molecule has 5 nitrogen and oxygen atoms in total. The lowest BCUT2D eigenvalue weighted by molar-refractivity contribution is -0.112. The predicted octanol–water partition coefficient (Wildman–Crippen LogP) is 5.41. The molecule has 0 aromatic heterocycles. The number of anilines is 1. The Labute approximate surface area is 174 Å². The Morgan fingerprint density at radius 2 is 2.00 bits per heavy atom. The molecule has 0 saturated heterocycles. The number of hydrogen-bond acceptors (Lipinski definition) is 4. The van der Waals surface area contributed by atoms with Gasteiger partial charge in [0.25, 0.3) is 5.91 Å². The van der Waals surface area contributed by atoms with Crippen LogP contribution in [0.5, 0.6) is 11.5 Å². The van der Waals surface area contributed by atoms with Crippen molar-refractivity contribution in [2.75, 3.05) is 19.0 Å². The van der Waals surface area contributed by atoms with Crippen molar-refractivity contribution in [1.82, 2.24) is 0 Å². The third-order valence-corrected chi connectivity index (χ3v) is 4.73.